The number of hydrogen-bond donors (Lipinski definition) is 0. The molecule has 0 radical (unpaired) electrons. The molecule has 6 heteroatoms. The van der Waals surface area contributed by atoms with Gasteiger partial charge in [0.05, 0.1) is 18.0 Å². The summed E-state index contributed by atoms with van der Waals surface area (Å²) >= 11 is 1.61. The molecule has 0 fully saturated rings. The van der Waals surface area contributed by atoms with E-state index in [1.165, 1.54) is 12.1 Å². The fourth-order valence-corrected chi connectivity index (χ4v) is 2.82. The zero-order chi connectivity index (χ0) is 16.7. The molecular formula is C17H17NO4S. The van der Waals surface area contributed by atoms with Crippen molar-refractivity contribution >= 4 is 23.4 Å². The Morgan fingerprint density at radius 2 is 1.70 bits per heavy atom. The van der Waals surface area contributed by atoms with Gasteiger partial charge in [0.2, 0.25) is 0 Å². The Labute approximate surface area is 138 Å². The average Bonchev–Trinajstić information content (AvgIpc) is 2.55. The lowest BCUT2D eigenvalue weighted by Gasteiger charge is -2.05. The van der Waals surface area contributed by atoms with Crippen LogP contribution in [0.5, 0.6) is 0 Å². The minimum Gasteiger partial charge on any atom is -0.466 e. The molecule has 2 rings (SSSR count). The topological polar surface area (TPSA) is 69.4 Å². The molecule has 0 saturated heterocycles. The van der Waals surface area contributed by atoms with Crippen LogP contribution in [0.3, 0.4) is 0 Å². The number of non-ortho nitro benzene ring substituents is 1. The van der Waals surface area contributed by atoms with Crippen LogP contribution < -0.4 is 0 Å². The molecule has 2 aromatic rings. The Hall–Kier alpha value is -2.34. The summed E-state index contributed by atoms with van der Waals surface area (Å²) in [5.74, 6) is 0.540. The largest absolute Gasteiger partial charge is 0.466 e. The molecule has 0 aliphatic carbocycles. The van der Waals surface area contributed by atoms with Crippen LogP contribution in [0.1, 0.15) is 18.1 Å². The maximum atomic E-state index is 11.4. The van der Waals surface area contributed by atoms with E-state index in [0.29, 0.717) is 6.61 Å². The second-order valence-electron chi connectivity index (χ2n) is 4.84. The quantitative estimate of drug-likeness (QED) is 0.332. The monoisotopic (exact) mass is 331 g/mol. The molecular weight excluding hydrogens is 314 g/mol. The standard InChI is InChI=1S/C17H17NO4S/c1-2-22-17(19)11-13-3-5-14(6-4-13)12-23-16-9-7-15(8-10-16)18(20)21/h3-10H,2,11-12H2,1H3. The summed E-state index contributed by atoms with van der Waals surface area (Å²) in [5, 5.41) is 10.6. The van der Waals surface area contributed by atoms with Crippen LogP contribution >= 0.6 is 11.8 Å². The van der Waals surface area contributed by atoms with Gasteiger partial charge in [-0.25, -0.2) is 0 Å². The van der Waals surface area contributed by atoms with Crippen molar-refractivity contribution in [1.82, 2.24) is 0 Å². The van der Waals surface area contributed by atoms with Gasteiger partial charge in [-0.05, 0) is 30.2 Å². The summed E-state index contributed by atoms with van der Waals surface area (Å²) in [5.41, 5.74) is 2.14. The van der Waals surface area contributed by atoms with Crippen molar-refractivity contribution in [3.05, 3.63) is 69.8 Å². The lowest BCUT2D eigenvalue weighted by molar-refractivity contribution is -0.384. The van der Waals surface area contributed by atoms with Crippen molar-refractivity contribution in [2.24, 2.45) is 0 Å². The summed E-state index contributed by atoms with van der Waals surface area (Å²) in [4.78, 5) is 22.6. The van der Waals surface area contributed by atoms with Crippen LogP contribution in [0.2, 0.25) is 0 Å². The molecule has 0 atom stereocenters. The molecule has 23 heavy (non-hydrogen) atoms. The Kier molecular flexibility index (Phi) is 6.17. The van der Waals surface area contributed by atoms with Crippen LogP contribution in [-0.4, -0.2) is 17.5 Å². The Morgan fingerprint density at radius 3 is 2.26 bits per heavy atom. The van der Waals surface area contributed by atoms with E-state index in [9.17, 15) is 14.9 Å². The number of nitro benzene ring substituents is 1. The van der Waals surface area contributed by atoms with E-state index in [1.807, 2.05) is 24.3 Å². The number of esters is 1. The number of hydrogen-bond acceptors (Lipinski definition) is 5. The minimum absolute atomic E-state index is 0.0951. The summed E-state index contributed by atoms with van der Waals surface area (Å²) < 4.78 is 4.92. The van der Waals surface area contributed by atoms with Gasteiger partial charge in [-0.1, -0.05) is 24.3 Å². The molecule has 0 aliphatic rings. The predicted octanol–water partition coefficient (Wildman–Crippen LogP) is 3.99. The average molecular weight is 331 g/mol. The fourth-order valence-electron chi connectivity index (χ4n) is 1.96. The Morgan fingerprint density at radius 1 is 1.09 bits per heavy atom. The van der Waals surface area contributed by atoms with Crippen molar-refractivity contribution in [1.29, 1.82) is 0 Å². The number of benzene rings is 2. The Balaban J connectivity index is 1.88. The molecule has 120 valence electrons. The molecule has 0 saturated carbocycles. The maximum absolute atomic E-state index is 11.4. The maximum Gasteiger partial charge on any atom is 0.310 e. The van der Waals surface area contributed by atoms with Gasteiger partial charge >= 0.3 is 5.97 Å². The van der Waals surface area contributed by atoms with Gasteiger partial charge < -0.3 is 4.74 Å². The van der Waals surface area contributed by atoms with E-state index in [4.69, 9.17) is 4.74 Å². The molecule has 0 N–H and O–H groups in total. The van der Waals surface area contributed by atoms with Gasteiger partial charge in [0, 0.05) is 22.8 Å². The summed E-state index contributed by atoms with van der Waals surface area (Å²) in [7, 11) is 0. The number of carbonyl (C=O) groups is 1. The van der Waals surface area contributed by atoms with E-state index in [2.05, 4.69) is 0 Å². The number of rotatable bonds is 7. The first-order valence-electron chi connectivity index (χ1n) is 7.19. The van der Waals surface area contributed by atoms with Crippen LogP contribution in [0.4, 0.5) is 5.69 Å². The van der Waals surface area contributed by atoms with E-state index >= 15 is 0 Å². The highest BCUT2D eigenvalue weighted by Crippen LogP contribution is 2.25. The molecule has 0 heterocycles. The smallest absolute Gasteiger partial charge is 0.310 e. The van der Waals surface area contributed by atoms with Crippen LogP contribution in [-0.2, 0) is 21.7 Å². The molecule has 0 unspecified atom stereocenters. The van der Waals surface area contributed by atoms with Gasteiger partial charge in [0.1, 0.15) is 0 Å². The SMILES string of the molecule is CCOC(=O)Cc1ccc(CSc2ccc([N+](=O)[O-])cc2)cc1. The van der Waals surface area contributed by atoms with Crippen molar-refractivity contribution in [2.45, 2.75) is 24.0 Å². The second-order valence-corrected chi connectivity index (χ2v) is 5.89. The Bertz CT molecular complexity index is 668. The van der Waals surface area contributed by atoms with E-state index in [0.717, 1.165) is 21.8 Å². The molecule has 0 spiro atoms. The second kappa shape index (κ2) is 8.33. The van der Waals surface area contributed by atoms with Crippen LogP contribution in [0, 0.1) is 10.1 Å². The highest BCUT2D eigenvalue weighted by molar-refractivity contribution is 7.98. The zero-order valence-corrected chi connectivity index (χ0v) is 13.5. The third-order valence-corrected chi connectivity index (χ3v) is 4.21. The molecule has 0 bridgehead atoms. The van der Waals surface area contributed by atoms with E-state index < -0.39 is 4.92 Å². The fraction of sp³-hybridized carbons (Fsp3) is 0.235. The van der Waals surface area contributed by atoms with E-state index in [-0.39, 0.29) is 18.1 Å². The number of ether oxygens (including phenoxy) is 1. The van der Waals surface area contributed by atoms with Crippen molar-refractivity contribution in [3.8, 4) is 0 Å². The first-order chi connectivity index (χ1) is 11.1. The first kappa shape index (κ1) is 17.0. The molecule has 0 aromatic heterocycles. The van der Waals surface area contributed by atoms with Crippen LogP contribution in [0.15, 0.2) is 53.4 Å². The lowest BCUT2D eigenvalue weighted by Crippen LogP contribution is -2.07. The number of thioether (sulfide) groups is 1. The predicted molar refractivity (Wildman–Crippen MR) is 89.4 cm³/mol. The van der Waals surface area contributed by atoms with Crippen LogP contribution in [0.25, 0.3) is 0 Å². The van der Waals surface area contributed by atoms with Crippen molar-refractivity contribution in [2.75, 3.05) is 6.61 Å². The van der Waals surface area contributed by atoms with Crippen molar-refractivity contribution in [3.63, 3.8) is 0 Å². The third kappa shape index (κ3) is 5.41. The van der Waals surface area contributed by atoms with Gasteiger partial charge in [0.15, 0.2) is 0 Å². The number of nitro groups is 1. The normalized spacial score (nSPS) is 10.3. The summed E-state index contributed by atoms with van der Waals surface area (Å²) in [6, 6.07) is 14.3. The van der Waals surface area contributed by atoms with E-state index in [1.54, 1.807) is 30.8 Å². The number of nitrogens with zero attached hydrogens (tertiary/aromatic N) is 1. The lowest BCUT2D eigenvalue weighted by atomic mass is 10.1. The highest BCUT2D eigenvalue weighted by Gasteiger charge is 2.06. The molecule has 0 aliphatic heterocycles. The summed E-state index contributed by atoms with van der Waals surface area (Å²) in [6.45, 7) is 2.18. The van der Waals surface area contributed by atoms with Gasteiger partial charge in [0.25, 0.3) is 5.69 Å². The van der Waals surface area contributed by atoms with Gasteiger partial charge in [-0.15, -0.1) is 11.8 Å². The molecule has 0 amide bonds. The molecule has 5 nitrogen and oxygen atoms in total. The number of carbonyl (C=O) groups excluding carboxylic acids is 1. The third-order valence-electron chi connectivity index (χ3n) is 3.13. The summed E-state index contributed by atoms with van der Waals surface area (Å²) in [6.07, 6.45) is 0.281. The first-order valence-corrected chi connectivity index (χ1v) is 8.17. The molecule has 2 aromatic carbocycles. The van der Waals surface area contributed by atoms with Gasteiger partial charge in [-0.2, -0.15) is 0 Å². The van der Waals surface area contributed by atoms with Crippen molar-refractivity contribution < 1.29 is 14.5 Å². The minimum atomic E-state index is -0.406. The zero-order valence-electron chi connectivity index (χ0n) is 12.7. The van der Waals surface area contributed by atoms with Gasteiger partial charge in [-0.3, -0.25) is 14.9 Å². The highest BCUT2D eigenvalue weighted by atomic mass is 32.2.